The third kappa shape index (κ3) is 5.86. The van der Waals surface area contributed by atoms with Crippen molar-refractivity contribution >= 4 is 49.7 Å². The van der Waals surface area contributed by atoms with Crippen LogP contribution in [0.15, 0.2) is 177 Å². The Bertz CT molecular complexity index is 2700. The third-order valence-electron chi connectivity index (χ3n) is 12.8. The van der Waals surface area contributed by atoms with Gasteiger partial charge in [-0.1, -0.05) is 141 Å². The molecule has 0 saturated heterocycles. The molecule has 1 aliphatic rings. The van der Waals surface area contributed by atoms with Crippen LogP contribution in [0.1, 0.15) is 67.2 Å². The molecule has 2 heteroatoms. The zero-order chi connectivity index (χ0) is 38.3. The fourth-order valence-electron chi connectivity index (χ4n) is 10.2. The lowest BCUT2D eigenvalue weighted by atomic mass is 9.70. The Morgan fingerprint density at radius 1 is 0.456 bits per heavy atom. The van der Waals surface area contributed by atoms with Crippen molar-refractivity contribution in [3.05, 3.63) is 199 Å². The molecule has 2 heterocycles. The number of allylic oxidation sites excluding steroid dienone is 1. The van der Waals surface area contributed by atoms with Crippen LogP contribution in [0.3, 0.4) is 0 Å². The van der Waals surface area contributed by atoms with E-state index in [4.69, 9.17) is 0 Å². The van der Waals surface area contributed by atoms with Gasteiger partial charge in [-0.15, -0.1) is 6.58 Å². The van der Waals surface area contributed by atoms with Crippen LogP contribution in [-0.2, 0) is 11.8 Å². The van der Waals surface area contributed by atoms with Crippen LogP contribution in [0.25, 0.3) is 72.2 Å². The van der Waals surface area contributed by atoms with Crippen molar-refractivity contribution in [3.63, 3.8) is 0 Å². The lowest BCUT2D eigenvalue weighted by molar-refractivity contribution is 0.408. The van der Waals surface area contributed by atoms with E-state index in [0.29, 0.717) is 0 Å². The quantitative estimate of drug-likeness (QED) is 0.0824. The Balaban J connectivity index is 1.15. The van der Waals surface area contributed by atoms with E-state index in [1.54, 1.807) is 0 Å². The number of hydrogen-bond acceptors (Lipinski definition) is 0. The van der Waals surface area contributed by atoms with Crippen molar-refractivity contribution in [2.24, 2.45) is 0 Å². The zero-order valence-corrected chi connectivity index (χ0v) is 32.6. The van der Waals surface area contributed by atoms with E-state index in [-0.39, 0.29) is 5.41 Å². The number of para-hydroxylation sites is 4. The first kappa shape index (κ1) is 35.1. The molecule has 0 fully saturated rings. The van der Waals surface area contributed by atoms with Crippen molar-refractivity contribution in [2.45, 2.75) is 56.8 Å². The van der Waals surface area contributed by atoms with E-state index in [1.165, 1.54) is 88.4 Å². The highest BCUT2D eigenvalue weighted by Gasteiger charge is 2.42. The van der Waals surface area contributed by atoms with Crippen molar-refractivity contribution in [2.75, 3.05) is 0 Å². The minimum atomic E-state index is -0.0759. The van der Waals surface area contributed by atoms with Crippen LogP contribution < -0.4 is 0 Å². The summed E-state index contributed by atoms with van der Waals surface area (Å²) < 4.78 is 4.95. The highest BCUT2D eigenvalue weighted by molar-refractivity contribution is 6.10. The molecule has 57 heavy (non-hydrogen) atoms. The van der Waals surface area contributed by atoms with Crippen molar-refractivity contribution in [1.82, 2.24) is 9.13 Å². The molecule has 278 valence electrons. The molecular formula is C55H48N2. The topological polar surface area (TPSA) is 9.86 Å². The van der Waals surface area contributed by atoms with Crippen LogP contribution in [0, 0.1) is 0 Å². The summed E-state index contributed by atoms with van der Waals surface area (Å²) in [6.07, 6.45) is 13.0. The first-order valence-corrected chi connectivity index (χ1v) is 20.8. The Morgan fingerprint density at radius 2 is 0.930 bits per heavy atom. The monoisotopic (exact) mass is 736 g/mol. The molecule has 2 aromatic heterocycles. The van der Waals surface area contributed by atoms with E-state index >= 15 is 0 Å². The largest absolute Gasteiger partial charge is 0.309 e. The average molecular weight is 737 g/mol. The summed E-state index contributed by atoms with van der Waals surface area (Å²) in [5, 5.41) is 5.16. The summed E-state index contributed by atoms with van der Waals surface area (Å²) >= 11 is 0. The molecule has 0 atom stereocenters. The molecule has 10 rings (SSSR count). The van der Waals surface area contributed by atoms with E-state index in [0.717, 1.165) is 51.4 Å². The first-order chi connectivity index (χ1) is 28.2. The molecule has 9 aromatic rings. The van der Waals surface area contributed by atoms with E-state index in [1.807, 2.05) is 6.08 Å². The number of nitrogens with zero attached hydrogens (tertiary/aromatic N) is 2. The molecule has 0 radical (unpaired) electrons. The number of aryl methyl sites for hydroxylation is 1. The second-order valence-corrected chi connectivity index (χ2v) is 16.0. The van der Waals surface area contributed by atoms with Gasteiger partial charge in [0.1, 0.15) is 0 Å². The highest BCUT2D eigenvalue weighted by Crippen LogP contribution is 2.55. The number of fused-ring (bicyclic) bond motifs is 9. The van der Waals surface area contributed by atoms with Crippen LogP contribution in [-0.4, -0.2) is 9.13 Å². The minimum absolute atomic E-state index is 0.0759. The van der Waals surface area contributed by atoms with Crippen molar-refractivity contribution in [1.29, 1.82) is 0 Å². The predicted molar refractivity (Wildman–Crippen MR) is 244 cm³/mol. The number of rotatable bonds is 13. The Morgan fingerprint density at radius 3 is 1.40 bits per heavy atom. The van der Waals surface area contributed by atoms with E-state index in [2.05, 4.69) is 186 Å². The van der Waals surface area contributed by atoms with Gasteiger partial charge in [0.05, 0.1) is 22.1 Å². The van der Waals surface area contributed by atoms with Crippen LogP contribution in [0.5, 0.6) is 0 Å². The van der Waals surface area contributed by atoms with Crippen molar-refractivity contribution in [3.8, 4) is 22.5 Å². The predicted octanol–water partition coefficient (Wildman–Crippen LogP) is 14.9. The normalized spacial score (nSPS) is 13.1. The molecule has 7 aromatic carbocycles. The maximum absolute atomic E-state index is 4.06. The summed E-state index contributed by atoms with van der Waals surface area (Å²) in [5.41, 5.74) is 15.6. The van der Waals surface area contributed by atoms with Gasteiger partial charge in [0.2, 0.25) is 0 Å². The molecule has 0 N–H and O–H groups in total. The van der Waals surface area contributed by atoms with E-state index in [9.17, 15) is 0 Å². The third-order valence-corrected chi connectivity index (χ3v) is 12.8. The zero-order valence-electron chi connectivity index (χ0n) is 32.6. The molecule has 0 saturated carbocycles. The fraction of sp³-hybridized carbons (Fsp3) is 0.164. The highest BCUT2D eigenvalue weighted by atomic mass is 15.0. The van der Waals surface area contributed by atoms with Gasteiger partial charge < -0.3 is 9.13 Å². The fourth-order valence-corrected chi connectivity index (χ4v) is 10.2. The molecule has 0 unspecified atom stereocenters. The van der Waals surface area contributed by atoms with Gasteiger partial charge in [-0.25, -0.2) is 0 Å². The average Bonchev–Trinajstić information content (AvgIpc) is 3.88. The van der Waals surface area contributed by atoms with Crippen LogP contribution >= 0.6 is 0 Å². The summed E-state index contributed by atoms with van der Waals surface area (Å²) in [5.74, 6) is 0. The van der Waals surface area contributed by atoms with Gasteiger partial charge in [-0.05, 0) is 120 Å². The molecule has 0 aliphatic heterocycles. The number of unbranched alkanes of at least 4 members (excludes halogenated alkanes) is 3. The lowest BCUT2D eigenvalue weighted by Crippen LogP contribution is -2.25. The number of benzene rings is 7. The molecule has 2 nitrogen and oxygen atoms in total. The minimum Gasteiger partial charge on any atom is -0.309 e. The summed E-state index contributed by atoms with van der Waals surface area (Å²) in [6.45, 7) is 8.07. The standard InChI is InChI=1S/C55H48N2/c1-3-5-6-16-34-55(35-17-15-19-40-21-18-20-39(4-2)36-40)49-32-30-41(56-51-26-11-7-22-43(51)44-23-8-12-27-52(44)56)37-47(49)48-38-42(31-33-50(48)55)57-53-28-13-9-24-45(53)46-25-10-14-29-54(46)57/h3-4,7-14,18,20-33,36-38H,1-2,5-6,15-17,19,34-35H2. The number of hydrogen-bond donors (Lipinski definition) is 0. The van der Waals surface area contributed by atoms with Gasteiger partial charge in [0.25, 0.3) is 0 Å². The van der Waals surface area contributed by atoms with Gasteiger partial charge in [-0.2, -0.15) is 0 Å². The maximum Gasteiger partial charge on any atom is 0.0541 e. The van der Waals surface area contributed by atoms with Crippen molar-refractivity contribution < 1.29 is 0 Å². The molecule has 1 aliphatic carbocycles. The molecular weight excluding hydrogens is 689 g/mol. The summed E-state index contributed by atoms with van der Waals surface area (Å²) in [4.78, 5) is 0. The summed E-state index contributed by atoms with van der Waals surface area (Å²) in [6, 6.07) is 59.1. The SMILES string of the molecule is C=CCCCCC1(CCCCc2cccc(C=C)c2)c2ccc(-n3c4ccccc4c4ccccc43)cc2-c2cc(-n3c4ccccc4c4ccccc43)ccc21. The molecule has 0 bridgehead atoms. The second kappa shape index (κ2) is 14.6. The van der Waals surface area contributed by atoms with Gasteiger partial charge in [-0.3, -0.25) is 0 Å². The van der Waals surface area contributed by atoms with Gasteiger partial charge in [0.15, 0.2) is 0 Å². The van der Waals surface area contributed by atoms with Crippen LogP contribution in [0.2, 0.25) is 0 Å². The van der Waals surface area contributed by atoms with Crippen LogP contribution in [0.4, 0.5) is 0 Å². The second-order valence-electron chi connectivity index (χ2n) is 16.0. The summed E-state index contributed by atoms with van der Waals surface area (Å²) in [7, 11) is 0. The Labute approximate surface area is 336 Å². The maximum atomic E-state index is 4.06. The lowest BCUT2D eigenvalue weighted by Gasteiger charge is -2.33. The molecule has 0 spiro atoms. The Hall–Kier alpha value is -6.38. The van der Waals surface area contributed by atoms with Gasteiger partial charge in [0, 0.05) is 38.3 Å². The van der Waals surface area contributed by atoms with E-state index < -0.39 is 0 Å². The van der Waals surface area contributed by atoms with Gasteiger partial charge >= 0.3 is 0 Å². The smallest absolute Gasteiger partial charge is 0.0541 e. The first-order valence-electron chi connectivity index (χ1n) is 20.8. The number of aromatic nitrogens is 2. The molecule has 0 amide bonds. The Kier molecular flexibility index (Phi) is 8.98.